The molecule has 1 aliphatic heterocycles. The van der Waals surface area contributed by atoms with Crippen molar-refractivity contribution >= 4 is 18.3 Å². The Morgan fingerprint density at radius 3 is 2.62 bits per heavy atom. The summed E-state index contributed by atoms with van der Waals surface area (Å²) >= 11 is 1.06. The number of nitrogens with zero attached hydrogens (tertiary/aromatic N) is 1. The van der Waals surface area contributed by atoms with Gasteiger partial charge in [-0.25, -0.2) is 9.10 Å². The first-order chi connectivity index (χ1) is 5.88. The summed E-state index contributed by atoms with van der Waals surface area (Å²) in [6.07, 6.45) is -0.251. The third kappa shape index (κ3) is 3.44. The molecule has 1 fully saturated rings. The standard InChI is InChI=1S/C8H15NO3S/c1-6-5-9(13-12-6)7(10)11-8(2,3)4/h6H,5H2,1-4H3/t6-/m1/s1. The Labute approximate surface area is 82.9 Å². The number of rotatable bonds is 0. The fourth-order valence-corrected chi connectivity index (χ4v) is 1.52. The molecule has 0 saturated carbocycles. The fraction of sp³-hybridized carbons (Fsp3) is 0.875. The Hall–Kier alpha value is -0.420. The minimum Gasteiger partial charge on any atom is -0.443 e. The predicted octanol–water partition coefficient (Wildman–Crippen LogP) is 2.21. The molecule has 0 aromatic carbocycles. The van der Waals surface area contributed by atoms with E-state index in [1.165, 1.54) is 4.31 Å². The molecule has 0 bridgehead atoms. The summed E-state index contributed by atoms with van der Waals surface area (Å²) in [7, 11) is 0. The number of hydrogen-bond acceptors (Lipinski definition) is 4. The normalized spacial score (nSPS) is 23.4. The summed E-state index contributed by atoms with van der Waals surface area (Å²) < 4.78 is 11.8. The smallest absolute Gasteiger partial charge is 0.422 e. The lowest BCUT2D eigenvalue weighted by molar-refractivity contribution is 0.0408. The lowest BCUT2D eigenvalue weighted by Crippen LogP contribution is -2.32. The van der Waals surface area contributed by atoms with Gasteiger partial charge in [-0.3, -0.25) is 4.18 Å². The zero-order valence-electron chi connectivity index (χ0n) is 8.36. The monoisotopic (exact) mass is 205 g/mol. The van der Waals surface area contributed by atoms with Crippen LogP contribution >= 0.6 is 12.2 Å². The van der Waals surface area contributed by atoms with Crippen molar-refractivity contribution in [3.8, 4) is 0 Å². The molecule has 1 atom stereocenters. The highest BCUT2D eigenvalue weighted by atomic mass is 32.2. The summed E-state index contributed by atoms with van der Waals surface area (Å²) in [5.74, 6) is 0. The maximum atomic E-state index is 11.4. The predicted molar refractivity (Wildman–Crippen MR) is 51.1 cm³/mol. The summed E-state index contributed by atoms with van der Waals surface area (Å²) in [6, 6.07) is 0. The summed E-state index contributed by atoms with van der Waals surface area (Å²) in [6.45, 7) is 8.03. The van der Waals surface area contributed by atoms with Crippen LogP contribution in [0.5, 0.6) is 0 Å². The van der Waals surface area contributed by atoms with Crippen molar-refractivity contribution in [1.29, 1.82) is 0 Å². The lowest BCUT2D eigenvalue weighted by Gasteiger charge is -2.22. The Kier molecular flexibility index (Phi) is 3.08. The molecular weight excluding hydrogens is 190 g/mol. The number of hydrogen-bond donors (Lipinski definition) is 0. The lowest BCUT2D eigenvalue weighted by atomic mass is 10.2. The Morgan fingerprint density at radius 1 is 1.62 bits per heavy atom. The van der Waals surface area contributed by atoms with Gasteiger partial charge in [-0.05, 0) is 27.7 Å². The van der Waals surface area contributed by atoms with Gasteiger partial charge >= 0.3 is 6.09 Å². The molecule has 1 rings (SSSR count). The third-order valence-electron chi connectivity index (χ3n) is 1.32. The molecule has 0 aromatic rings. The molecular formula is C8H15NO3S. The molecule has 13 heavy (non-hydrogen) atoms. The number of amides is 1. The van der Waals surface area contributed by atoms with Crippen LogP contribution in [0.2, 0.25) is 0 Å². The molecule has 1 heterocycles. The zero-order valence-corrected chi connectivity index (χ0v) is 9.18. The van der Waals surface area contributed by atoms with Gasteiger partial charge < -0.3 is 4.74 Å². The van der Waals surface area contributed by atoms with E-state index in [1.54, 1.807) is 0 Å². The van der Waals surface area contributed by atoms with Crippen molar-refractivity contribution in [2.24, 2.45) is 0 Å². The maximum Gasteiger partial charge on any atom is 0.422 e. The Bertz CT molecular complexity index is 202. The first kappa shape index (κ1) is 10.7. The molecule has 4 nitrogen and oxygen atoms in total. The van der Waals surface area contributed by atoms with Gasteiger partial charge in [-0.15, -0.1) is 0 Å². The van der Waals surface area contributed by atoms with Gasteiger partial charge in [0.05, 0.1) is 12.6 Å². The molecule has 0 aromatic heterocycles. The van der Waals surface area contributed by atoms with Crippen LogP contribution in [0.1, 0.15) is 27.7 Å². The number of carbonyl (C=O) groups is 1. The van der Waals surface area contributed by atoms with Crippen molar-refractivity contribution in [2.75, 3.05) is 6.54 Å². The van der Waals surface area contributed by atoms with Crippen molar-refractivity contribution in [2.45, 2.75) is 39.4 Å². The quantitative estimate of drug-likeness (QED) is 0.449. The molecule has 5 heteroatoms. The van der Waals surface area contributed by atoms with E-state index in [4.69, 9.17) is 8.92 Å². The van der Waals surface area contributed by atoms with E-state index < -0.39 is 5.60 Å². The fourth-order valence-electron chi connectivity index (χ4n) is 0.838. The van der Waals surface area contributed by atoms with Crippen LogP contribution in [0.4, 0.5) is 4.79 Å². The molecule has 1 amide bonds. The average Bonchev–Trinajstić information content (AvgIpc) is 2.31. The van der Waals surface area contributed by atoms with Gasteiger partial charge in [0.1, 0.15) is 17.8 Å². The van der Waals surface area contributed by atoms with Gasteiger partial charge in [0.2, 0.25) is 0 Å². The van der Waals surface area contributed by atoms with Crippen molar-refractivity contribution < 1.29 is 13.7 Å². The first-order valence-corrected chi connectivity index (χ1v) is 4.92. The van der Waals surface area contributed by atoms with Gasteiger partial charge in [-0.2, -0.15) is 0 Å². The summed E-state index contributed by atoms with van der Waals surface area (Å²) in [5.41, 5.74) is -0.441. The third-order valence-corrected chi connectivity index (χ3v) is 2.21. The topological polar surface area (TPSA) is 38.8 Å². The SMILES string of the molecule is C[C@@H]1CN(C(=O)OC(C)(C)C)SO1. The summed E-state index contributed by atoms with van der Waals surface area (Å²) in [4.78, 5) is 11.4. The average molecular weight is 205 g/mol. The highest BCUT2D eigenvalue weighted by Crippen LogP contribution is 2.25. The minimum absolute atomic E-state index is 0.0810. The Balaban J connectivity index is 2.41. The largest absolute Gasteiger partial charge is 0.443 e. The van der Waals surface area contributed by atoms with Crippen molar-refractivity contribution in [3.63, 3.8) is 0 Å². The van der Waals surface area contributed by atoms with Crippen molar-refractivity contribution in [3.05, 3.63) is 0 Å². The van der Waals surface area contributed by atoms with Gasteiger partial charge in [0.15, 0.2) is 0 Å². The van der Waals surface area contributed by atoms with E-state index in [1.807, 2.05) is 27.7 Å². The van der Waals surface area contributed by atoms with E-state index in [2.05, 4.69) is 0 Å². The zero-order chi connectivity index (χ0) is 10.1. The van der Waals surface area contributed by atoms with E-state index >= 15 is 0 Å². The maximum absolute atomic E-state index is 11.4. The molecule has 0 N–H and O–H groups in total. The molecule has 76 valence electrons. The van der Waals surface area contributed by atoms with Gasteiger partial charge in [0.25, 0.3) is 0 Å². The molecule has 1 saturated heterocycles. The molecule has 0 unspecified atom stereocenters. The highest BCUT2D eigenvalue weighted by molar-refractivity contribution is 7.93. The van der Waals surface area contributed by atoms with Crippen LogP contribution in [0.15, 0.2) is 0 Å². The van der Waals surface area contributed by atoms with Crippen LogP contribution in [0, 0.1) is 0 Å². The molecule has 1 aliphatic rings. The van der Waals surface area contributed by atoms with Crippen molar-refractivity contribution in [1.82, 2.24) is 4.31 Å². The van der Waals surface area contributed by atoms with Crippen LogP contribution in [-0.4, -0.2) is 28.6 Å². The van der Waals surface area contributed by atoms with Crippen LogP contribution in [0.3, 0.4) is 0 Å². The minimum atomic E-state index is -0.441. The second kappa shape index (κ2) is 3.75. The van der Waals surface area contributed by atoms with Crippen LogP contribution < -0.4 is 0 Å². The van der Waals surface area contributed by atoms with E-state index in [0.29, 0.717) is 6.54 Å². The first-order valence-electron chi connectivity index (χ1n) is 4.22. The van der Waals surface area contributed by atoms with E-state index in [9.17, 15) is 4.79 Å². The van der Waals surface area contributed by atoms with E-state index in [-0.39, 0.29) is 12.2 Å². The van der Waals surface area contributed by atoms with Gasteiger partial charge in [0, 0.05) is 0 Å². The van der Waals surface area contributed by atoms with E-state index in [0.717, 1.165) is 12.2 Å². The van der Waals surface area contributed by atoms with Gasteiger partial charge in [-0.1, -0.05) is 0 Å². The second-order valence-corrected chi connectivity index (χ2v) is 4.81. The van der Waals surface area contributed by atoms with Crippen LogP contribution in [0.25, 0.3) is 0 Å². The van der Waals surface area contributed by atoms with Crippen LogP contribution in [-0.2, 0) is 8.92 Å². The molecule has 0 radical (unpaired) electrons. The molecule has 0 aliphatic carbocycles. The number of carbonyl (C=O) groups excluding carboxylic acids is 1. The molecule has 0 spiro atoms. The highest BCUT2D eigenvalue weighted by Gasteiger charge is 2.29. The number of ether oxygens (including phenoxy) is 1. The Morgan fingerprint density at radius 2 is 2.23 bits per heavy atom. The second-order valence-electron chi connectivity index (χ2n) is 4.02. The summed E-state index contributed by atoms with van der Waals surface area (Å²) in [5, 5.41) is 0.